The van der Waals surface area contributed by atoms with Crippen LogP contribution < -0.4 is 10.5 Å². The van der Waals surface area contributed by atoms with E-state index in [1.54, 1.807) is 0 Å². The molecule has 0 radical (unpaired) electrons. The van der Waals surface area contributed by atoms with Gasteiger partial charge in [-0.2, -0.15) is 0 Å². The van der Waals surface area contributed by atoms with E-state index in [4.69, 9.17) is 10.5 Å². The summed E-state index contributed by atoms with van der Waals surface area (Å²) in [6.45, 7) is 2.25. The van der Waals surface area contributed by atoms with E-state index >= 15 is 0 Å². The molecule has 0 unspecified atom stereocenters. The molecule has 1 aliphatic heterocycles. The molecule has 3 N–H and O–H groups in total. The van der Waals surface area contributed by atoms with Crippen LogP contribution >= 0.6 is 0 Å². The summed E-state index contributed by atoms with van der Waals surface area (Å²) in [5, 5.41) is 9.42. The van der Waals surface area contributed by atoms with Crippen LogP contribution in [-0.2, 0) is 6.42 Å². The zero-order chi connectivity index (χ0) is 10.1. The number of aliphatic hydroxyl groups is 1. The SMILES string of the molecule is CCc1ccc2c(c1)C(N)=C(O)CO2. The van der Waals surface area contributed by atoms with Crippen LogP contribution in [0, 0.1) is 0 Å². The first-order valence-corrected chi connectivity index (χ1v) is 4.66. The minimum Gasteiger partial charge on any atom is -0.507 e. The number of ether oxygens (including phenoxy) is 1. The van der Waals surface area contributed by atoms with Crippen LogP contribution in [-0.4, -0.2) is 11.7 Å². The molecule has 0 saturated carbocycles. The molecule has 0 saturated heterocycles. The van der Waals surface area contributed by atoms with Crippen molar-refractivity contribution in [3.05, 3.63) is 35.1 Å². The summed E-state index contributed by atoms with van der Waals surface area (Å²) in [6, 6.07) is 5.86. The zero-order valence-electron chi connectivity index (χ0n) is 8.08. The average Bonchev–Trinajstić information content (AvgIpc) is 2.23. The number of aliphatic hydroxyl groups excluding tert-OH is 1. The van der Waals surface area contributed by atoms with E-state index in [0.717, 1.165) is 17.7 Å². The number of rotatable bonds is 1. The van der Waals surface area contributed by atoms with Gasteiger partial charge in [-0.1, -0.05) is 13.0 Å². The summed E-state index contributed by atoms with van der Waals surface area (Å²) in [5.41, 5.74) is 8.18. The molecule has 1 aliphatic rings. The molecule has 2 rings (SSSR count). The van der Waals surface area contributed by atoms with Crippen molar-refractivity contribution in [3.63, 3.8) is 0 Å². The molecule has 1 aromatic carbocycles. The van der Waals surface area contributed by atoms with Gasteiger partial charge in [0, 0.05) is 5.56 Å². The van der Waals surface area contributed by atoms with Gasteiger partial charge in [0.15, 0.2) is 5.76 Å². The van der Waals surface area contributed by atoms with E-state index in [0.29, 0.717) is 5.70 Å². The van der Waals surface area contributed by atoms with E-state index in [1.807, 2.05) is 18.2 Å². The average molecular weight is 191 g/mol. The molecule has 0 fully saturated rings. The molecule has 0 aliphatic carbocycles. The normalized spacial score (nSPS) is 14.9. The van der Waals surface area contributed by atoms with Gasteiger partial charge in [0.05, 0.1) is 5.70 Å². The lowest BCUT2D eigenvalue weighted by atomic mass is 10.0. The number of nitrogens with two attached hydrogens (primary N) is 1. The Morgan fingerprint density at radius 3 is 3.00 bits per heavy atom. The van der Waals surface area contributed by atoms with Gasteiger partial charge in [0.2, 0.25) is 0 Å². The predicted octanol–water partition coefficient (Wildman–Crippen LogP) is 1.83. The second-order valence-corrected chi connectivity index (χ2v) is 3.33. The highest BCUT2D eigenvalue weighted by Gasteiger charge is 2.17. The van der Waals surface area contributed by atoms with Crippen LogP contribution in [0.2, 0.25) is 0 Å². The molecule has 0 bridgehead atoms. The topological polar surface area (TPSA) is 55.5 Å². The summed E-state index contributed by atoms with van der Waals surface area (Å²) in [5.74, 6) is 0.864. The van der Waals surface area contributed by atoms with Crippen LogP contribution in [0.3, 0.4) is 0 Å². The highest BCUT2D eigenvalue weighted by molar-refractivity contribution is 5.71. The van der Waals surface area contributed by atoms with Gasteiger partial charge in [0.25, 0.3) is 0 Å². The molecular formula is C11H13NO2. The van der Waals surface area contributed by atoms with Crippen LogP contribution in [0.4, 0.5) is 0 Å². The van der Waals surface area contributed by atoms with Gasteiger partial charge in [-0.05, 0) is 24.1 Å². The van der Waals surface area contributed by atoms with Gasteiger partial charge < -0.3 is 15.6 Å². The minimum atomic E-state index is 0.116. The van der Waals surface area contributed by atoms with Crippen molar-refractivity contribution < 1.29 is 9.84 Å². The Kier molecular flexibility index (Phi) is 2.08. The van der Waals surface area contributed by atoms with Gasteiger partial charge in [0.1, 0.15) is 12.4 Å². The first-order chi connectivity index (χ1) is 6.72. The number of benzene rings is 1. The van der Waals surface area contributed by atoms with Crippen molar-refractivity contribution in [2.24, 2.45) is 5.73 Å². The fourth-order valence-electron chi connectivity index (χ4n) is 1.51. The van der Waals surface area contributed by atoms with E-state index in [2.05, 4.69) is 6.92 Å². The van der Waals surface area contributed by atoms with Gasteiger partial charge >= 0.3 is 0 Å². The summed E-state index contributed by atoms with van der Waals surface area (Å²) >= 11 is 0. The lowest BCUT2D eigenvalue weighted by Crippen LogP contribution is -2.15. The molecule has 0 spiro atoms. The third kappa shape index (κ3) is 1.31. The molecule has 0 aromatic heterocycles. The molecule has 14 heavy (non-hydrogen) atoms. The van der Waals surface area contributed by atoms with Crippen molar-refractivity contribution in [2.45, 2.75) is 13.3 Å². The number of hydrogen-bond acceptors (Lipinski definition) is 3. The quantitative estimate of drug-likeness (QED) is 0.712. The van der Waals surface area contributed by atoms with E-state index < -0.39 is 0 Å². The van der Waals surface area contributed by atoms with E-state index in [1.165, 1.54) is 5.56 Å². The second-order valence-electron chi connectivity index (χ2n) is 3.33. The lowest BCUT2D eigenvalue weighted by molar-refractivity contribution is 0.264. The first-order valence-electron chi connectivity index (χ1n) is 4.66. The molecular weight excluding hydrogens is 178 g/mol. The van der Waals surface area contributed by atoms with E-state index in [9.17, 15) is 5.11 Å². The van der Waals surface area contributed by atoms with Crippen molar-refractivity contribution in [1.82, 2.24) is 0 Å². The number of hydrogen-bond donors (Lipinski definition) is 2. The maximum Gasteiger partial charge on any atom is 0.153 e. The van der Waals surface area contributed by atoms with Gasteiger partial charge in [-0.25, -0.2) is 0 Å². The van der Waals surface area contributed by atoms with Crippen molar-refractivity contribution >= 4 is 5.70 Å². The lowest BCUT2D eigenvalue weighted by Gasteiger charge is -2.18. The van der Waals surface area contributed by atoms with Gasteiger partial charge in [-0.3, -0.25) is 0 Å². The van der Waals surface area contributed by atoms with Crippen molar-refractivity contribution in [3.8, 4) is 5.75 Å². The predicted molar refractivity (Wildman–Crippen MR) is 55.1 cm³/mol. The molecule has 3 heteroatoms. The standard InChI is InChI=1S/C11H13NO2/c1-2-7-3-4-10-8(5-7)11(12)9(13)6-14-10/h3-5,13H,2,6,12H2,1H3. The Hall–Kier alpha value is -1.64. The highest BCUT2D eigenvalue weighted by atomic mass is 16.5. The summed E-state index contributed by atoms with van der Waals surface area (Å²) in [7, 11) is 0. The first kappa shape index (κ1) is 8.94. The fraction of sp³-hybridized carbons (Fsp3) is 0.273. The number of aryl methyl sites for hydroxylation is 1. The summed E-state index contributed by atoms with van der Waals surface area (Å²) < 4.78 is 5.32. The zero-order valence-corrected chi connectivity index (χ0v) is 8.08. The van der Waals surface area contributed by atoms with Crippen LogP contribution in [0.5, 0.6) is 5.75 Å². The largest absolute Gasteiger partial charge is 0.507 e. The third-order valence-corrected chi connectivity index (χ3v) is 2.42. The maximum absolute atomic E-state index is 9.42. The second kappa shape index (κ2) is 3.25. The molecule has 1 heterocycles. The maximum atomic E-state index is 9.42. The van der Waals surface area contributed by atoms with Crippen LogP contribution in [0.15, 0.2) is 24.0 Å². The van der Waals surface area contributed by atoms with Crippen molar-refractivity contribution in [1.29, 1.82) is 0 Å². The fourth-order valence-corrected chi connectivity index (χ4v) is 1.51. The van der Waals surface area contributed by atoms with E-state index in [-0.39, 0.29) is 12.4 Å². The Balaban J connectivity index is 2.54. The molecule has 0 amide bonds. The molecule has 0 atom stereocenters. The Morgan fingerprint density at radius 1 is 1.50 bits per heavy atom. The van der Waals surface area contributed by atoms with Crippen LogP contribution in [0.25, 0.3) is 5.70 Å². The minimum absolute atomic E-state index is 0.116. The molecule has 3 nitrogen and oxygen atoms in total. The Morgan fingerprint density at radius 2 is 2.29 bits per heavy atom. The smallest absolute Gasteiger partial charge is 0.153 e. The summed E-state index contributed by atoms with van der Waals surface area (Å²) in [4.78, 5) is 0. The Bertz CT molecular complexity index is 396. The highest BCUT2D eigenvalue weighted by Crippen LogP contribution is 2.30. The third-order valence-electron chi connectivity index (χ3n) is 2.42. The van der Waals surface area contributed by atoms with Gasteiger partial charge in [-0.15, -0.1) is 0 Å². The molecule has 74 valence electrons. The van der Waals surface area contributed by atoms with Crippen LogP contribution in [0.1, 0.15) is 18.1 Å². The molecule has 1 aromatic rings. The monoisotopic (exact) mass is 191 g/mol. The van der Waals surface area contributed by atoms with Crippen molar-refractivity contribution in [2.75, 3.05) is 6.61 Å². The number of fused-ring (bicyclic) bond motifs is 1. The summed E-state index contributed by atoms with van der Waals surface area (Å²) in [6.07, 6.45) is 0.946. The Labute approximate surface area is 82.8 Å².